The largest absolute Gasteiger partial charge is 0.466 e. The van der Waals surface area contributed by atoms with E-state index in [-0.39, 0.29) is 0 Å². The lowest BCUT2D eigenvalue weighted by atomic mass is 9.74. The molecule has 2 nitrogen and oxygen atoms in total. The number of hydrogen-bond acceptors (Lipinski definition) is 2. The van der Waals surface area contributed by atoms with E-state index in [1.807, 2.05) is 6.92 Å². The Morgan fingerprint density at radius 3 is 2.61 bits per heavy atom. The first kappa shape index (κ1) is 13.7. The van der Waals surface area contributed by atoms with Gasteiger partial charge in [0.1, 0.15) is 11.5 Å². The van der Waals surface area contributed by atoms with Crippen LogP contribution >= 0.6 is 0 Å². The summed E-state index contributed by atoms with van der Waals surface area (Å²) in [6.07, 6.45) is 2.25. The lowest BCUT2D eigenvalue weighted by molar-refractivity contribution is 0.217. The van der Waals surface area contributed by atoms with Gasteiger partial charge in [-0.3, -0.25) is 0 Å². The fourth-order valence-electron chi connectivity index (χ4n) is 2.84. The molecule has 1 N–H and O–H groups in total. The molecule has 1 aliphatic rings. The number of aryl methyl sites for hydroxylation is 1. The summed E-state index contributed by atoms with van der Waals surface area (Å²) < 4.78 is 5.87. The molecule has 1 aliphatic carbocycles. The summed E-state index contributed by atoms with van der Waals surface area (Å²) in [4.78, 5) is 0. The summed E-state index contributed by atoms with van der Waals surface area (Å²) in [6.45, 7) is 13.5. The van der Waals surface area contributed by atoms with Gasteiger partial charge in [0.25, 0.3) is 0 Å². The molecule has 0 saturated heterocycles. The van der Waals surface area contributed by atoms with Gasteiger partial charge >= 0.3 is 0 Å². The van der Waals surface area contributed by atoms with Crippen LogP contribution in [0.1, 0.15) is 64.2 Å². The van der Waals surface area contributed by atoms with E-state index in [1.54, 1.807) is 0 Å². The molecule has 0 bridgehead atoms. The van der Waals surface area contributed by atoms with E-state index in [9.17, 15) is 0 Å². The highest BCUT2D eigenvalue weighted by Crippen LogP contribution is 2.42. The maximum Gasteiger partial charge on any atom is 0.109 e. The molecule has 0 aliphatic heterocycles. The van der Waals surface area contributed by atoms with E-state index < -0.39 is 0 Å². The van der Waals surface area contributed by atoms with Crippen LogP contribution in [-0.2, 0) is 6.42 Å². The molecule has 0 fully saturated rings. The highest BCUT2D eigenvalue weighted by atomic mass is 16.3. The summed E-state index contributed by atoms with van der Waals surface area (Å²) in [7, 11) is 0. The zero-order valence-electron chi connectivity index (χ0n) is 12.6. The minimum absolute atomic E-state index is 0.325. The van der Waals surface area contributed by atoms with Crippen LogP contribution in [0.2, 0.25) is 0 Å². The zero-order chi connectivity index (χ0) is 13.5. The van der Waals surface area contributed by atoms with Gasteiger partial charge in [-0.2, -0.15) is 0 Å². The average molecular weight is 249 g/mol. The van der Waals surface area contributed by atoms with Gasteiger partial charge in [0, 0.05) is 24.1 Å². The predicted molar refractivity (Wildman–Crippen MR) is 75.7 cm³/mol. The second-order valence-corrected chi connectivity index (χ2v) is 7.03. The van der Waals surface area contributed by atoms with E-state index >= 15 is 0 Å². The maximum atomic E-state index is 5.87. The van der Waals surface area contributed by atoms with E-state index in [1.165, 1.54) is 17.7 Å². The maximum absolute atomic E-state index is 5.87. The number of furan rings is 1. The summed E-state index contributed by atoms with van der Waals surface area (Å²) in [6, 6.07) is 3.19. The molecule has 0 amide bonds. The van der Waals surface area contributed by atoms with Gasteiger partial charge in [-0.05, 0) is 37.7 Å². The second-order valence-electron chi connectivity index (χ2n) is 7.03. The monoisotopic (exact) mass is 249 g/mol. The lowest BCUT2D eigenvalue weighted by Crippen LogP contribution is -2.39. The molecular weight excluding hydrogens is 222 g/mol. The summed E-state index contributed by atoms with van der Waals surface area (Å²) in [5.74, 6) is 2.89. The molecule has 0 saturated carbocycles. The molecule has 0 aromatic carbocycles. The Balaban J connectivity index is 2.24. The van der Waals surface area contributed by atoms with Crippen LogP contribution in [0, 0.1) is 18.3 Å². The number of hydrogen-bond donors (Lipinski definition) is 1. The van der Waals surface area contributed by atoms with Gasteiger partial charge in [-0.15, -0.1) is 0 Å². The lowest BCUT2D eigenvalue weighted by Gasteiger charge is -2.37. The first-order chi connectivity index (χ1) is 8.28. The molecule has 2 atom stereocenters. The van der Waals surface area contributed by atoms with Gasteiger partial charge in [-0.25, -0.2) is 0 Å². The molecule has 0 spiro atoms. The van der Waals surface area contributed by atoms with Gasteiger partial charge in [-0.1, -0.05) is 27.7 Å². The van der Waals surface area contributed by atoms with E-state index in [2.05, 4.69) is 46.0 Å². The number of fused-ring (bicyclic) bond motifs is 1. The van der Waals surface area contributed by atoms with Crippen LogP contribution in [0.15, 0.2) is 10.5 Å². The Morgan fingerprint density at radius 2 is 2.00 bits per heavy atom. The Bertz CT molecular complexity index is 417. The van der Waals surface area contributed by atoms with Gasteiger partial charge < -0.3 is 9.73 Å². The van der Waals surface area contributed by atoms with E-state index in [4.69, 9.17) is 4.42 Å². The van der Waals surface area contributed by atoms with Crippen molar-refractivity contribution in [2.24, 2.45) is 11.3 Å². The van der Waals surface area contributed by atoms with Crippen molar-refractivity contribution in [2.45, 2.75) is 66.5 Å². The van der Waals surface area contributed by atoms with E-state index in [0.717, 1.165) is 12.2 Å². The zero-order valence-corrected chi connectivity index (χ0v) is 12.6. The first-order valence-corrected chi connectivity index (χ1v) is 7.14. The molecule has 1 aromatic rings. The van der Waals surface area contributed by atoms with Gasteiger partial charge in [0.15, 0.2) is 0 Å². The molecule has 2 rings (SSSR count). The summed E-state index contributed by atoms with van der Waals surface area (Å²) >= 11 is 0. The molecule has 102 valence electrons. The highest BCUT2D eigenvalue weighted by Gasteiger charge is 2.35. The smallest absolute Gasteiger partial charge is 0.109 e. The highest BCUT2D eigenvalue weighted by molar-refractivity contribution is 5.29. The SMILES string of the molecule is Cc1cc2c(o1)CC(C)(C)CC2NC(C)C(C)C. The average Bonchev–Trinajstić information content (AvgIpc) is 2.56. The fraction of sp³-hybridized carbons (Fsp3) is 0.750. The molecular formula is C16H27NO. The quantitative estimate of drug-likeness (QED) is 0.867. The van der Waals surface area contributed by atoms with E-state index in [0.29, 0.717) is 23.4 Å². The molecule has 1 aromatic heterocycles. The molecule has 2 heteroatoms. The van der Waals surface area contributed by atoms with Gasteiger partial charge in [0.2, 0.25) is 0 Å². The third-order valence-corrected chi connectivity index (χ3v) is 4.20. The van der Waals surface area contributed by atoms with Crippen LogP contribution in [0.25, 0.3) is 0 Å². The Labute approximate surface area is 111 Å². The predicted octanol–water partition coefficient (Wildman–Crippen LogP) is 4.24. The summed E-state index contributed by atoms with van der Waals surface area (Å²) in [5.41, 5.74) is 1.71. The third kappa shape index (κ3) is 2.80. The van der Waals surface area contributed by atoms with Crippen LogP contribution in [0.5, 0.6) is 0 Å². The van der Waals surface area contributed by atoms with Crippen molar-refractivity contribution in [3.63, 3.8) is 0 Å². The Hall–Kier alpha value is -0.760. The fourth-order valence-corrected chi connectivity index (χ4v) is 2.84. The Kier molecular flexibility index (Phi) is 3.59. The molecule has 2 unspecified atom stereocenters. The first-order valence-electron chi connectivity index (χ1n) is 7.14. The van der Waals surface area contributed by atoms with Crippen molar-refractivity contribution in [3.8, 4) is 0 Å². The number of nitrogens with one attached hydrogen (secondary N) is 1. The van der Waals surface area contributed by atoms with Crippen molar-refractivity contribution in [1.29, 1.82) is 0 Å². The van der Waals surface area contributed by atoms with Crippen LogP contribution in [0.4, 0.5) is 0 Å². The standard InChI is InChI=1S/C16H27NO/c1-10(2)12(4)17-14-8-16(5,6)9-15-13(14)7-11(3)18-15/h7,10,12,14,17H,8-9H2,1-6H3. The third-order valence-electron chi connectivity index (χ3n) is 4.20. The normalized spacial score (nSPS) is 24.1. The van der Waals surface area contributed by atoms with Crippen LogP contribution in [0.3, 0.4) is 0 Å². The molecule has 18 heavy (non-hydrogen) atoms. The van der Waals surface area contributed by atoms with Crippen molar-refractivity contribution in [1.82, 2.24) is 5.32 Å². The minimum Gasteiger partial charge on any atom is -0.466 e. The molecule has 0 radical (unpaired) electrons. The molecule has 1 heterocycles. The minimum atomic E-state index is 0.325. The van der Waals surface area contributed by atoms with Crippen molar-refractivity contribution in [2.75, 3.05) is 0 Å². The van der Waals surface area contributed by atoms with Crippen molar-refractivity contribution >= 4 is 0 Å². The summed E-state index contributed by atoms with van der Waals surface area (Å²) in [5, 5.41) is 3.78. The van der Waals surface area contributed by atoms with Crippen LogP contribution in [-0.4, -0.2) is 6.04 Å². The number of rotatable bonds is 3. The van der Waals surface area contributed by atoms with Crippen LogP contribution < -0.4 is 5.32 Å². The van der Waals surface area contributed by atoms with Crippen molar-refractivity contribution < 1.29 is 4.42 Å². The Morgan fingerprint density at radius 1 is 1.33 bits per heavy atom. The second kappa shape index (κ2) is 4.73. The van der Waals surface area contributed by atoms with Gasteiger partial charge in [0.05, 0.1) is 0 Å². The topological polar surface area (TPSA) is 25.2 Å². The van der Waals surface area contributed by atoms with Crippen molar-refractivity contribution in [3.05, 3.63) is 23.2 Å².